The molecule has 0 bridgehead atoms. The van der Waals surface area contributed by atoms with Crippen LogP contribution in [0.25, 0.3) is 0 Å². The third kappa shape index (κ3) is 6.19. The molecule has 1 aliphatic carbocycles. The Morgan fingerprint density at radius 2 is 1.74 bits per heavy atom. The molecule has 0 unspecified atom stereocenters. The molecule has 11 nitrogen and oxygen atoms in total. The molecule has 3 fully saturated rings. The van der Waals surface area contributed by atoms with Crippen molar-refractivity contribution < 1.29 is 23.5 Å². The quantitative estimate of drug-likeness (QED) is 0.350. The van der Waals surface area contributed by atoms with E-state index in [0.29, 0.717) is 55.7 Å². The van der Waals surface area contributed by atoms with E-state index in [2.05, 4.69) is 50.5 Å². The number of amides is 3. The molecule has 3 aromatic rings. The van der Waals surface area contributed by atoms with Gasteiger partial charge in [0, 0.05) is 56.4 Å². The normalized spacial score (nSPS) is 16.9. The number of hydrogen-bond donors (Lipinski definition) is 2. The van der Waals surface area contributed by atoms with Crippen LogP contribution in [0.15, 0.2) is 53.1 Å². The number of aryl methyl sites for hydroxylation is 1. The molecule has 6 rings (SSSR count). The molecule has 1 saturated carbocycles. The predicted molar refractivity (Wildman–Crippen MR) is 158 cm³/mol. The third-order valence-corrected chi connectivity index (χ3v) is 8.00. The van der Waals surface area contributed by atoms with Crippen LogP contribution < -0.4 is 20.4 Å². The SMILES string of the molecule is Cc1ccccc1N1CCN(c2ccc(C(=O)NCCCN3CCOC3=O)cc2NC(=O)c2coc(C3CC3)n2)CC1. The van der Waals surface area contributed by atoms with Crippen LogP contribution >= 0.6 is 0 Å². The van der Waals surface area contributed by atoms with Crippen molar-refractivity contribution in [3.63, 3.8) is 0 Å². The van der Waals surface area contributed by atoms with Crippen LogP contribution in [0, 0.1) is 6.92 Å². The summed E-state index contributed by atoms with van der Waals surface area (Å²) in [4.78, 5) is 48.5. The number of carbonyl (C=O) groups is 3. The lowest BCUT2D eigenvalue weighted by Crippen LogP contribution is -2.47. The first-order valence-electron chi connectivity index (χ1n) is 14.6. The summed E-state index contributed by atoms with van der Waals surface area (Å²) in [5, 5.41) is 5.92. The maximum absolute atomic E-state index is 13.2. The van der Waals surface area contributed by atoms with E-state index in [4.69, 9.17) is 9.15 Å². The van der Waals surface area contributed by atoms with E-state index in [0.717, 1.165) is 44.7 Å². The minimum atomic E-state index is -0.375. The van der Waals surface area contributed by atoms with Gasteiger partial charge in [-0.15, -0.1) is 0 Å². The fourth-order valence-electron chi connectivity index (χ4n) is 5.46. The maximum atomic E-state index is 13.2. The average molecular weight is 573 g/mol. The van der Waals surface area contributed by atoms with Crippen LogP contribution in [-0.2, 0) is 4.74 Å². The van der Waals surface area contributed by atoms with Gasteiger partial charge < -0.3 is 34.5 Å². The molecule has 3 aliphatic rings. The molecule has 1 aromatic heterocycles. The first kappa shape index (κ1) is 27.6. The number of hydrogen-bond acceptors (Lipinski definition) is 8. The lowest BCUT2D eigenvalue weighted by molar-refractivity contribution is 0.0951. The molecule has 42 heavy (non-hydrogen) atoms. The number of nitrogens with one attached hydrogen (secondary N) is 2. The molecule has 0 radical (unpaired) electrons. The molecule has 11 heteroatoms. The Morgan fingerprint density at radius 3 is 2.45 bits per heavy atom. The maximum Gasteiger partial charge on any atom is 0.409 e. The molecule has 3 heterocycles. The standard InChI is InChI=1S/C31H36N6O5/c1-21-5-2-3-6-26(21)35-13-15-36(16-14-35)27-10-9-23(28(38)32-11-4-12-37-17-18-41-31(37)40)19-24(27)33-29(39)25-20-42-30(34-25)22-7-8-22/h2-3,5-6,9-10,19-20,22H,4,7-8,11-18H2,1H3,(H,32,38)(H,33,39). The summed E-state index contributed by atoms with van der Waals surface area (Å²) < 4.78 is 10.5. The van der Waals surface area contributed by atoms with Crippen molar-refractivity contribution >= 4 is 35.0 Å². The zero-order valence-electron chi connectivity index (χ0n) is 23.8. The van der Waals surface area contributed by atoms with Crippen molar-refractivity contribution in [3.8, 4) is 0 Å². The van der Waals surface area contributed by atoms with Gasteiger partial charge in [0.05, 0.1) is 17.9 Å². The van der Waals surface area contributed by atoms with E-state index in [1.807, 2.05) is 12.1 Å². The number of oxazole rings is 1. The first-order valence-corrected chi connectivity index (χ1v) is 14.6. The summed E-state index contributed by atoms with van der Waals surface area (Å²) in [5.41, 5.74) is 4.54. The second-order valence-electron chi connectivity index (χ2n) is 11.0. The number of piperazine rings is 1. The summed E-state index contributed by atoms with van der Waals surface area (Å²) in [6.07, 6.45) is 3.76. The monoisotopic (exact) mass is 572 g/mol. The Morgan fingerprint density at radius 1 is 0.976 bits per heavy atom. The number of cyclic esters (lactones) is 1. The summed E-state index contributed by atoms with van der Waals surface area (Å²) >= 11 is 0. The van der Waals surface area contributed by atoms with Crippen molar-refractivity contribution in [2.24, 2.45) is 0 Å². The zero-order chi connectivity index (χ0) is 29.1. The highest BCUT2D eigenvalue weighted by Crippen LogP contribution is 2.39. The number of anilines is 3. The lowest BCUT2D eigenvalue weighted by Gasteiger charge is -2.38. The fourth-order valence-corrected chi connectivity index (χ4v) is 5.46. The second kappa shape index (κ2) is 12.1. The van der Waals surface area contributed by atoms with Crippen LogP contribution in [0.4, 0.5) is 21.9 Å². The van der Waals surface area contributed by atoms with E-state index < -0.39 is 0 Å². The number of benzene rings is 2. The van der Waals surface area contributed by atoms with E-state index >= 15 is 0 Å². The summed E-state index contributed by atoms with van der Waals surface area (Å²) in [5.74, 6) is 0.279. The fraction of sp³-hybridized carbons (Fsp3) is 0.419. The number of nitrogens with zero attached hydrogens (tertiary/aromatic N) is 4. The van der Waals surface area contributed by atoms with E-state index in [1.54, 1.807) is 17.0 Å². The minimum absolute atomic E-state index is 0.225. The van der Waals surface area contributed by atoms with Gasteiger partial charge >= 0.3 is 6.09 Å². The molecule has 2 aliphatic heterocycles. The van der Waals surface area contributed by atoms with Gasteiger partial charge in [-0.05, 0) is 56.0 Å². The molecule has 2 saturated heterocycles. The van der Waals surface area contributed by atoms with Crippen LogP contribution in [0.5, 0.6) is 0 Å². The molecular formula is C31H36N6O5. The molecule has 2 aromatic carbocycles. The van der Waals surface area contributed by atoms with Gasteiger partial charge in [-0.3, -0.25) is 9.59 Å². The van der Waals surface area contributed by atoms with E-state index in [1.165, 1.54) is 17.5 Å². The lowest BCUT2D eigenvalue weighted by atomic mass is 10.1. The first-order chi connectivity index (χ1) is 20.5. The van der Waals surface area contributed by atoms with Gasteiger partial charge in [0.2, 0.25) is 0 Å². The molecule has 0 spiro atoms. The average Bonchev–Trinajstić information content (AvgIpc) is 3.59. The number of carbonyl (C=O) groups excluding carboxylic acids is 3. The van der Waals surface area contributed by atoms with Gasteiger partial charge in [-0.2, -0.15) is 0 Å². The molecule has 0 atom stereocenters. The van der Waals surface area contributed by atoms with Gasteiger partial charge in [-0.25, -0.2) is 9.78 Å². The number of aromatic nitrogens is 1. The van der Waals surface area contributed by atoms with Crippen LogP contribution in [0.1, 0.15) is 57.5 Å². The highest BCUT2D eigenvalue weighted by molar-refractivity contribution is 6.06. The zero-order valence-corrected chi connectivity index (χ0v) is 23.8. The van der Waals surface area contributed by atoms with Crippen molar-refractivity contribution in [2.45, 2.75) is 32.1 Å². The third-order valence-electron chi connectivity index (χ3n) is 8.00. The Balaban J connectivity index is 1.15. The Kier molecular flexibility index (Phi) is 7.98. The number of rotatable bonds is 10. The molecular weight excluding hydrogens is 536 g/mol. The van der Waals surface area contributed by atoms with E-state index in [-0.39, 0.29) is 23.6 Å². The van der Waals surface area contributed by atoms with Crippen LogP contribution in [-0.4, -0.2) is 80.2 Å². The van der Waals surface area contributed by atoms with Gasteiger partial charge in [0.25, 0.3) is 11.8 Å². The number of para-hydroxylation sites is 1. The molecule has 220 valence electrons. The highest BCUT2D eigenvalue weighted by atomic mass is 16.6. The Labute approximate surface area is 244 Å². The topological polar surface area (TPSA) is 120 Å². The van der Waals surface area contributed by atoms with Gasteiger partial charge in [0.15, 0.2) is 11.6 Å². The number of ether oxygens (including phenoxy) is 1. The smallest absolute Gasteiger partial charge is 0.409 e. The second-order valence-corrected chi connectivity index (χ2v) is 11.0. The summed E-state index contributed by atoms with van der Waals surface area (Å²) in [6, 6.07) is 13.8. The highest BCUT2D eigenvalue weighted by Gasteiger charge is 2.30. The van der Waals surface area contributed by atoms with Crippen molar-refractivity contribution in [1.29, 1.82) is 0 Å². The summed E-state index contributed by atoms with van der Waals surface area (Å²) in [6.45, 7) is 7.22. The minimum Gasteiger partial charge on any atom is -0.448 e. The van der Waals surface area contributed by atoms with Gasteiger partial charge in [-0.1, -0.05) is 18.2 Å². The Bertz CT molecular complexity index is 1460. The van der Waals surface area contributed by atoms with Gasteiger partial charge in [0.1, 0.15) is 12.9 Å². The van der Waals surface area contributed by atoms with Crippen LogP contribution in [0.3, 0.4) is 0 Å². The molecule has 2 N–H and O–H groups in total. The van der Waals surface area contributed by atoms with Crippen molar-refractivity contribution in [1.82, 2.24) is 15.2 Å². The van der Waals surface area contributed by atoms with Crippen molar-refractivity contribution in [2.75, 3.05) is 67.5 Å². The summed E-state index contributed by atoms with van der Waals surface area (Å²) in [7, 11) is 0. The van der Waals surface area contributed by atoms with Crippen molar-refractivity contribution in [3.05, 3.63) is 71.4 Å². The molecule has 3 amide bonds. The van der Waals surface area contributed by atoms with E-state index in [9.17, 15) is 14.4 Å². The Hall–Kier alpha value is -4.54. The predicted octanol–water partition coefficient (Wildman–Crippen LogP) is 4.01. The largest absolute Gasteiger partial charge is 0.448 e. The van der Waals surface area contributed by atoms with Crippen LogP contribution in [0.2, 0.25) is 0 Å².